The van der Waals surface area contributed by atoms with Crippen molar-refractivity contribution in [2.45, 2.75) is 31.8 Å². The summed E-state index contributed by atoms with van der Waals surface area (Å²) in [4.78, 5) is 4.30. The Hall–Kier alpha value is -1.03. The van der Waals surface area contributed by atoms with Gasteiger partial charge >= 0.3 is 0 Å². The van der Waals surface area contributed by atoms with E-state index < -0.39 is 0 Å². The predicted octanol–water partition coefficient (Wildman–Crippen LogP) is 1.66. The first-order valence-electron chi connectivity index (χ1n) is 5.09. The summed E-state index contributed by atoms with van der Waals surface area (Å²) in [5.41, 5.74) is 0. The number of methoxy groups -OCH3 is 1. The van der Waals surface area contributed by atoms with E-state index in [4.69, 9.17) is 4.74 Å². The first kappa shape index (κ1) is 9.52. The van der Waals surface area contributed by atoms with Gasteiger partial charge in [0.25, 0.3) is 0 Å². The lowest BCUT2D eigenvalue weighted by Gasteiger charge is -2.15. The normalized spacial score (nSPS) is 18.1. The van der Waals surface area contributed by atoms with Gasteiger partial charge in [0, 0.05) is 25.5 Å². The van der Waals surface area contributed by atoms with Crippen LogP contribution in [0.25, 0.3) is 0 Å². The Morgan fingerprint density at radius 2 is 2.50 bits per heavy atom. The van der Waals surface area contributed by atoms with Crippen LogP contribution in [0.1, 0.15) is 25.8 Å². The molecule has 1 unspecified atom stereocenters. The van der Waals surface area contributed by atoms with Crippen LogP contribution in [0.2, 0.25) is 0 Å². The first-order chi connectivity index (χ1) is 6.81. The summed E-state index contributed by atoms with van der Waals surface area (Å²) in [5, 5.41) is 3.40. The molecular weight excluding hydrogens is 178 g/mol. The molecule has 14 heavy (non-hydrogen) atoms. The number of hydrogen-bond acceptors (Lipinski definition) is 3. The third-order valence-electron chi connectivity index (χ3n) is 2.46. The average molecular weight is 195 g/mol. The van der Waals surface area contributed by atoms with Crippen molar-refractivity contribution in [2.75, 3.05) is 19.0 Å². The van der Waals surface area contributed by atoms with E-state index in [1.165, 1.54) is 12.8 Å². The molecule has 1 N–H and O–H groups in total. The average Bonchev–Trinajstić information content (AvgIpc) is 2.82. The maximum Gasteiger partial charge on any atom is 0.203 e. The molecule has 0 bridgehead atoms. The Balaban J connectivity index is 2.03. The van der Waals surface area contributed by atoms with E-state index in [9.17, 15) is 0 Å². The van der Waals surface area contributed by atoms with Crippen LogP contribution >= 0.6 is 0 Å². The number of hydrogen-bond donors (Lipinski definition) is 1. The van der Waals surface area contributed by atoms with Gasteiger partial charge in [-0.2, -0.15) is 0 Å². The quantitative estimate of drug-likeness (QED) is 0.776. The molecule has 1 aliphatic carbocycles. The van der Waals surface area contributed by atoms with Gasteiger partial charge in [0.15, 0.2) is 0 Å². The van der Waals surface area contributed by atoms with Crippen molar-refractivity contribution in [3.63, 3.8) is 0 Å². The van der Waals surface area contributed by atoms with Gasteiger partial charge in [-0.3, -0.25) is 0 Å². The minimum atomic E-state index is 0.337. The molecule has 0 spiro atoms. The maximum atomic E-state index is 5.13. The molecule has 1 fully saturated rings. The van der Waals surface area contributed by atoms with E-state index in [-0.39, 0.29) is 0 Å². The third kappa shape index (κ3) is 2.07. The number of imidazole rings is 1. The minimum absolute atomic E-state index is 0.337. The van der Waals surface area contributed by atoms with Crippen molar-refractivity contribution in [3.05, 3.63) is 12.4 Å². The second kappa shape index (κ2) is 4.00. The molecule has 1 aromatic heterocycles. The topological polar surface area (TPSA) is 39.1 Å². The third-order valence-corrected chi connectivity index (χ3v) is 2.46. The largest absolute Gasteiger partial charge is 0.383 e. The fourth-order valence-electron chi connectivity index (χ4n) is 1.51. The molecule has 4 nitrogen and oxygen atoms in total. The fourth-order valence-corrected chi connectivity index (χ4v) is 1.51. The van der Waals surface area contributed by atoms with Crippen LogP contribution < -0.4 is 5.32 Å². The second-order valence-electron chi connectivity index (χ2n) is 3.88. The van der Waals surface area contributed by atoms with Crippen LogP contribution in [-0.4, -0.2) is 29.3 Å². The van der Waals surface area contributed by atoms with Crippen molar-refractivity contribution in [1.29, 1.82) is 0 Å². The molecule has 0 radical (unpaired) electrons. The highest BCUT2D eigenvalue weighted by molar-refractivity contribution is 5.30. The van der Waals surface area contributed by atoms with E-state index in [0.29, 0.717) is 12.1 Å². The lowest BCUT2D eigenvalue weighted by molar-refractivity contribution is 0.163. The second-order valence-corrected chi connectivity index (χ2v) is 3.88. The SMILES string of the molecule is COCC(C)n1ccnc1NC1CC1. The molecule has 2 rings (SSSR count). The number of nitrogens with zero attached hydrogens (tertiary/aromatic N) is 2. The summed E-state index contributed by atoms with van der Waals surface area (Å²) in [6.07, 6.45) is 6.36. The molecular formula is C10H17N3O. The molecule has 0 aromatic carbocycles. The number of anilines is 1. The first-order valence-corrected chi connectivity index (χ1v) is 5.09. The van der Waals surface area contributed by atoms with Crippen molar-refractivity contribution in [3.8, 4) is 0 Å². The van der Waals surface area contributed by atoms with Crippen LogP contribution in [0, 0.1) is 0 Å². The van der Waals surface area contributed by atoms with Crippen molar-refractivity contribution in [1.82, 2.24) is 9.55 Å². The van der Waals surface area contributed by atoms with Crippen LogP contribution in [0.15, 0.2) is 12.4 Å². The highest BCUT2D eigenvalue weighted by Crippen LogP contribution is 2.25. The maximum absolute atomic E-state index is 5.13. The molecule has 1 aromatic rings. The van der Waals surface area contributed by atoms with Gasteiger partial charge in [-0.15, -0.1) is 0 Å². The zero-order valence-corrected chi connectivity index (χ0v) is 8.73. The van der Waals surface area contributed by atoms with Crippen LogP contribution in [-0.2, 0) is 4.74 Å². The monoisotopic (exact) mass is 195 g/mol. The molecule has 78 valence electrons. The summed E-state index contributed by atoms with van der Waals surface area (Å²) in [7, 11) is 1.72. The summed E-state index contributed by atoms with van der Waals surface area (Å²) >= 11 is 0. The van der Waals surface area contributed by atoms with E-state index in [0.717, 1.165) is 12.6 Å². The summed E-state index contributed by atoms with van der Waals surface area (Å²) < 4.78 is 7.25. The molecule has 0 saturated heterocycles. The standard InChI is InChI=1S/C10H17N3O/c1-8(7-14-2)13-6-5-11-10(13)12-9-3-4-9/h5-6,8-9H,3-4,7H2,1-2H3,(H,11,12). The van der Waals surface area contributed by atoms with Crippen LogP contribution in [0.3, 0.4) is 0 Å². The van der Waals surface area contributed by atoms with Gasteiger partial charge in [0.05, 0.1) is 12.6 Å². The number of rotatable bonds is 5. The van der Waals surface area contributed by atoms with Gasteiger partial charge in [-0.25, -0.2) is 4.98 Å². The zero-order chi connectivity index (χ0) is 9.97. The molecule has 4 heteroatoms. The Bertz CT molecular complexity index is 293. The van der Waals surface area contributed by atoms with Crippen molar-refractivity contribution in [2.24, 2.45) is 0 Å². The van der Waals surface area contributed by atoms with Gasteiger partial charge in [-0.1, -0.05) is 0 Å². The summed E-state index contributed by atoms with van der Waals surface area (Å²) in [6, 6.07) is 0.981. The fraction of sp³-hybridized carbons (Fsp3) is 0.700. The number of ether oxygens (including phenoxy) is 1. The molecule has 1 atom stereocenters. The minimum Gasteiger partial charge on any atom is -0.383 e. The van der Waals surface area contributed by atoms with Crippen LogP contribution in [0.4, 0.5) is 5.95 Å². The van der Waals surface area contributed by atoms with Gasteiger partial charge < -0.3 is 14.6 Å². The van der Waals surface area contributed by atoms with E-state index in [1.807, 2.05) is 12.4 Å². The molecule has 1 aliphatic rings. The lowest BCUT2D eigenvalue weighted by Crippen LogP contribution is -2.15. The number of nitrogens with one attached hydrogen (secondary N) is 1. The van der Waals surface area contributed by atoms with Crippen molar-refractivity contribution >= 4 is 5.95 Å². The Kier molecular flexibility index (Phi) is 2.72. The zero-order valence-electron chi connectivity index (χ0n) is 8.73. The molecule has 1 saturated carbocycles. The highest BCUT2D eigenvalue weighted by atomic mass is 16.5. The Morgan fingerprint density at radius 3 is 3.14 bits per heavy atom. The molecule has 0 aliphatic heterocycles. The Labute approximate surface area is 84.3 Å². The molecule has 1 heterocycles. The highest BCUT2D eigenvalue weighted by Gasteiger charge is 2.23. The van der Waals surface area contributed by atoms with E-state index in [1.54, 1.807) is 7.11 Å². The number of aromatic nitrogens is 2. The van der Waals surface area contributed by atoms with Gasteiger partial charge in [0.2, 0.25) is 5.95 Å². The van der Waals surface area contributed by atoms with Gasteiger partial charge in [0.1, 0.15) is 0 Å². The van der Waals surface area contributed by atoms with Crippen molar-refractivity contribution < 1.29 is 4.74 Å². The van der Waals surface area contributed by atoms with Gasteiger partial charge in [-0.05, 0) is 19.8 Å². The lowest BCUT2D eigenvalue weighted by atomic mass is 10.3. The Morgan fingerprint density at radius 1 is 1.71 bits per heavy atom. The van der Waals surface area contributed by atoms with E-state index >= 15 is 0 Å². The smallest absolute Gasteiger partial charge is 0.203 e. The molecule has 0 amide bonds. The van der Waals surface area contributed by atoms with E-state index in [2.05, 4.69) is 21.8 Å². The van der Waals surface area contributed by atoms with Crippen LogP contribution in [0.5, 0.6) is 0 Å². The summed E-state index contributed by atoms with van der Waals surface area (Å²) in [5.74, 6) is 0.969. The predicted molar refractivity (Wildman–Crippen MR) is 55.5 cm³/mol. The summed E-state index contributed by atoms with van der Waals surface area (Å²) in [6.45, 7) is 2.85.